The Kier molecular flexibility index (Phi) is 5.33. The van der Waals surface area contributed by atoms with Crippen LogP contribution in [0.4, 0.5) is 5.69 Å². The van der Waals surface area contributed by atoms with E-state index in [1.165, 1.54) is 0 Å². The minimum atomic E-state index is -0.271. The monoisotopic (exact) mass is 290 g/mol. The second kappa shape index (κ2) is 7.22. The van der Waals surface area contributed by atoms with Crippen LogP contribution in [0.1, 0.15) is 25.3 Å². The Balaban J connectivity index is 1.88. The molecule has 1 aromatic carbocycles. The zero-order valence-corrected chi connectivity index (χ0v) is 12.6. The largest absolute Gasteiger partial charge is 0.465 e. The summed E-state index contributed by atoms with van der Waals surface area (Å²) in [7, 11) is 0. The third-order valence-corrected chi connectivity index (χ3v) is 3.35. The summed E-state index contributed by atoms with van der Waals surface area (Å²) in [6, 6.07) is 8.00. The van der Waals surface area contributed by atoms with Crippen LogP contribution in [-0.2, 0) is 14.3 Å². The molecular weight excluding hydrogens is 268 g/mol. The van der Waals surface area contributed by atoms with Crippen molar-refractivity contribution in [3.05, 3.63) is 29.8 Å². The molecule has 5 nitrogen and oxygen atoms in total. The Hall–Kier alpha value is -1.88. The van der Waals surface area contributed by atoms with E-state index in [0.29, 0.717) is 12.6 Å². The average Bonchev–Trinajstić information content (AvgIpc) is 3.22. The molecule has 0 aliphatic heterocycles. The van der Waals surface area contributed by atoms with Gasteiger partial charge in [-0.15, -0.1) is 0 Å². The molecule has 1 N–H and O–H groups in total. The highest BCUT2D eigenvalue weighted by Gasteiger charge is 2.31. The summed E-state index contributed by atoms with van der Waals surface area (Å²) in [4.78, 5) is 25.6. The molecule has 0 bridgehead atoms. The number of nitrogens with one attached hydrogen (secondary N) is 1. The summed E-state index contributed by atoms with van der Waals surface area (Å²) in [6.45, 7) is 4.53. The molecule has 114 valence electrons. The molecule has 0 spiro atoms. The number of rotatable bonds is 7. The third-order valence-electron chi connectivity index (χ3n) is 3.35. The number of carbonyl (C=O) groups is 2. The van der Waals surface area contributed by atoms with E-state index in [1.54, 1.807) is 6.92 Å². The van der Waals surface area contributed by atoms with Gasteiger partial charge < -0.3 is 10.1 Å². The number of nitrogens with zero attached hydrogens (tertiary/aromatic N) is 1. The maximum absolute atomic E-state index is 12.1. The van der Waals surface area contributed by atoms with Crippen LogP contribution in [0.2, 0.25) is 0 Å². The Morgan fingerprint density at radius 3 is 2.71 bits per heavy atom. The number of anilines is 1. The summed E-state index contributed by atoms with van der Waals surface area (Å²) >= 11 is 0. The van der Waals surface area contributed by atoms with Gasteiger partial charge in [-0.1, -0.05) is 12.1 Å². The topological polar surface area (TPSA) is 58.6 Å². The fourth-order valence-electron chi connectivity index (χ4n) is 2.23. The maximum Gasteiger partial charge on any atom is 0.320 e. The number of ether oxygens (including phenoxy) is 1. The van der Waals surface area contributed by atoms with Gasteiger partial charge in [0.2, 0.25) is 5.91 Å². The van der Waals surface area contributed by atoms with Gasteiger partial charge in [0.25, 0.3) is 0 Å². The number of amides is 1. The van der Waals surface area contributed by atoms with Gasteiger partial charge in [-0.05, 0) is 44.4 Å². The summed E-state index contributed by atoms with van der Waals surface area (Å²) in [5, 5.41) is 2.87. The van der Waals surface area contributed by atoms with Crippen LogP contribution in [0.25, 0.3) is 0 Å². The first-order valence-electron chi connectivity index (χ1n) is 7.34. The average molecular weight is 290 g/mol. The zero-order chi connectivity index (χ0) is 15.2. The number of carbonyl (C=O) groups excluding carboxylic acids is 2. The molecule has 0 heterocycles. The molecule has 0 unspecified atom stereocenters. The summed E-state index contributed by atoms with van der Waals surface area (Å²) in [5.74, 6) is -0.371. The molecule has 1 aromatic rings. The number of esters is 1. The second-order valence-corrected chi connectivity index (χ2v) is 5.36. The number of hydrogen-bond acceptors (Lipinski definition) is 4. The molecule has 0 radical (unpaired) electrons. The lowest BCUT2D eigenvalue weighted by Crippen LogP contribution is -2.39. The van der Waals surface area contributed by atoms with E-state index in [9.17, 15) is 9.59 Å². The molecular formula is C16H22N2O3. The van der Waals surface area contributed by atoms with Gasteiger partial charge in [0.05, 0.1) is 19.7 Å². The van der Waals surface area contributed by atoms with Gasteiger partial charge >= 0.3 is 5.97 Å². The third kappa shape index (κ3) is 5.19. The van der Waals surface area contributed by atoms with E-state index < -0.39 is 0 Å². The molecule has 1 fully saturated rings. The van der Waals surface area contributed by atoms with E-state index in [0.717, 1.165) is 24.1 Å². The van der Waals surface area contributed by atoms with Crippen molar-refractivity contribution in [3.63, 3.8) is 0 Å². The molecule has 1 aliphatic carbocycles. The van der Waals surface area contributed by atoms with E-state index in [1.807, 2.05) is 36.1 Å². The molecule has 21 heavy (non-hydrogen) atoms. The van der Waals surface area contributed by atoms with E-state index in [-0.39, 0.29) is 25.0 Å². The number of hydrogen-bond donors (Lipinski definition) is 1. The first-order chi connectivity index (χ1) is 10.1. The molecule has 1 amide bonds. The molecule has 1 saturated carbocycles. The van der Waals surface area contributed by atoms with Gasteiger partial charge in [-0.2, -0.15) is 0 Å². The van der Waals surface area contributed by atoms with E-state index >= 15 is 0 Å². The molecule has 2 rings (SSSR count). The van der Waals surface area contributed by atoms with Gasteiger partial charge in [0.15, 0.2) is 0 Å². The predicted octanol–water partition coefficient (Wildman–Crippen LogP) is 1.96. The van der Waals surface area contributed by atoms with Crippen molar-refractivity contribution in [3.8, 4) is 0 Å². The minimum Gasteiger partial charge on any atom is -0.465 e. The van der Waals surface area contributed by atoms with Crippen LogP contribution in [-0.4, -0.2) is 42.5 Å². The summed E-state index contributed by atoms with van der Waals surface area (Å²) in [5.41, 5.74) is 1.88. The highest BCUT2D eigenvalue weighted by atomic mass is 16.5. The lowest BCUT2D eigenvalue weighted by atomic mass is 10.2. The Morgan fingerprint density at radius 2 is 2.10 bits per heavy atom. The first-order valence-corrected chi connectivity index (χ1v) is 7.34. The predicted molar refractivity (Wildman–Crippen MR) is 81.0 cm³/mol. The standard InChI is InChI=1S/C16H22N2O3/c1-3-21-16(20)11-18(14-7-8-14)10-15(19)17-13-6-4-5-12(2)9-13/h4-6,9,14H,3,7-8,10-11H2,1-2H3,(H,17,19). The van der Waals surface area contributed by atoms with E-state index in [4.69, 9.17) is 4.74 Å². The van der Waals surface area contributed by atoms with Gasteiger partial charge in [0.1, 0.15) is 0 Å². The Labute approximate surface area is 125 Å². The first kappa shape index (κ1) is 15.5. The summed E-state index contributed by atoms with van der Waals surface area (Å²) < 4.78 is 4.95. The Bertz CT molecular complexity index is 512. The van der Waals surface area contributed by atoms with Gasteiger partial charge in [-0.3, -0.25) is 14.5 Å². The molecule has 0 atom stereocenters. The van der Waals surface area contributed by atoms with Crippen LogP contribution in [0.5, 0.6) is 0 Å². The lowest BCUT2D eigenvalue weighted by Gasteiger charge is -2.20. The van der Waals surface area contributed by atoms with Crippen molar-refractivity contribution < 1.29 is 14.3 Å². The lowest BCUT2D eigenvalue weighted by molar-refractivity contribution is -0.144. The van der Waals surface area contributed by atoms with Crippen LogP contribution in [0.15, 0.2) is 24.3 Å². The fraction of sp³-hybridized carbons (Fsp3) is 0.500. The van der Waals surface area contributed by atoms with Crippen molar-refractivity contribution in [2.24, 2.45) is 0 Å². The van der Waals surface area contributed by atoms with E-state index in [2.05, 4.69) is 5.32 Å². The molecule has 5 heteroatoms. The van der Waals surface area contributed by atoms with Crippen LogP contribution in [0, 0.1) is 6.92 Å². The SMILES string of the molecule is CCOC(=O)CN(CC(=O)Nc1cccc(C)c1)C1CC1. The van der Waals surface area contributed by atoms with Crippen molar-refractivity contribution in [2.45, 2.75) is 32.7 Å². The molecule has 0 saturated heterocycles. The zero-order valence-electron chi connectivity index (χ0n) is 12.6. The summed E-state index contributed by atoms with van der Waals surface area (Å²) in [6.07, 6.45) is 2.08. The van der Waals surface area contributed by atoms with Crippen molar-refractivity contribution in [1.82, 2.24) is 4.90 Å². The Morgan fingerprint density at radius 1 is 1.33 bits per heavy atom. The highest BCUT2D eigenvalue weighted by molar-refractivity contribution is 5.92. The van der Waals surface area contributed by atoms with Gasteiger partial charge in [0, 0.05) is 11.7 Å². The quantitative estimate of drug-likeness (QED) is 0.780. The van der Waals surface area contributed by atoms with Crippen LogP contribution >= 0.6 is 0 Å². The van der Waals surface area contributed by atoms with Crippen molar-refractivity contribution >= 4 is 17.6 Å². The molecule has 0 aromatic heterocycles. The van der Waals surface area contributed by atoms with Crippen molar-refractivity contribution in [1.29, 1.82) is 0 Å². The van der Waals surface area contributed by atoms with Gasteiger partial charge in [-0.25, -0.2) is 0 Å². The minimum absolute atomic E-state index is 0.100. The number of benzene rings is 1. The molecule has 1 aliphatic rings. The normalized spacial score (nSPS) is 14.0. The van der Waals surface area contributed by atoms with Crippen molar-refractivity contribution in [2.75, 3.05) is 25.0 Å². The second-order valence-electron chi connectivity index (χ2n) is 5.36. The maximum atomic E-state index is 12.1. The number of aryl methyl sites for hydroxylation is 1. The van der Waals surface area contributed by atoms with Crippen LogP contribution in [0.3, 0.4) is 0 Å². The van der Waals surface area contributed by atoms with Crippen LogP contribution < -0.4 is 5.32 Å². The fourth-order valence-corrected chi connectivity index (χ4v) is 2.23. The smallest absolute Gasteiger partial charge is 0.320 e. The highest BCUT2D eigenvalue weighted by Crippen LogP contribution is 2.26.